The Morgan fingerprint density at radius 2 is 1.74 bits per heavy atom. The fourth-order valence-electron chi connectivity index (χ4n) is 5.75. The molecule has 2 heterocycles. The van der Waals surface area contributed by atoms with Crippen LogP contribution in [0.4, 0.5) is 10.6 Å². The van der Waals surface area contributed by atoms with Crippen molar-refractivity contribution >= 4 is 30.2 Å². The molecule has 11 nitrogen and oxygen atoms in total. The molecule has 1 aliphatic heterocycles. The Morgan fingerprint density at radius 1 is 1.10 bits per heavy atom. The Morgan fingerprint density at radius 3 is 2.33 bits per heavy atom. The average Bonchev–Trinajstić information content (AvgIpc) is 2.93. The van der Waals surface area contributed by atoms with Crippen LogP contribution in [-0.2, 0) is 11.2 Å². The minimum Gasteiger partial charge on any atom is -0.338 e. The second-order valence-electron chi connectivity index (χ2n) is 12.3. The van der Waals surface area contributed by atoms with Gasteiger partial charge in [-0.1, -0.05) is 18.6 Å². The Hall–Kier alpha value is -2.99. The Balaban J connectivity index is 0.00000484. The van der Waals surface area contributed by atoms with E-state index in [-0.39, 0.29) is 30.2 Å². The maximum absolute atomic E-state index is 12.8. The fourth-order valence-corrected chi connectivity index (χ4v) is 5.75. The highest BCUT2D eigenvalue weighted by Crippen LogP contribution is 2.24. The van der Waals surface area contributed by atoms with Crippen molar-refractivity contribution < 1.29 is 9.59 Å². The highest BCUT2D eigenvalue weighted by molar-refractivity contribution is 5.89. The van der Waals surface area contributed by atoms with Crippen LogP contribution in [0.5, 0.6) is 0 Å². The van der Waals surface area contributed by atoms with Gasteiger partial charge in [-0.15, -0.1) is 12.4 Å². The maximum Gasteiger partial charge on any atom is 0.354 e. The van der Waals surface area contributed by atoms with Crippen LogP contribution < -0.4 is 22.5 Å². The molecule has 0 radical (unpaired) electrons. The van der Waals surface area contributed by atoms with Gasteiger partial charge in [-0.3, -0.25) is 14.7 Å². The zero-order chi connectivity index (χ0) is 29.7. The molecule has 3 atom stereocenters. The number of halogens is 1. The van der Waals surface area contributed by atoms with E-state index >= 15 is 0 Å². The molecule has 1 saturated carbocycles. The van der Waals surface area contributed by atoms with E-state index in [1.165, 1.54) is 23.0 Å². The summed E-state index contributed by atoms with van der Waals surface area (Å²) in [4.78, 5) is 47.7. The molecule has 1 aliphatic carbocycles. The molecule has 5 N–H and O–H groups in total. The normalized spacial score (nSPS) is 20.2. The number of rotatable bonds is 8. The first kappa shape index (κ1) is 33.5. The molecule has 0 spiro atoms. The monoisotopic (exact) mass is 602 g/mol. The zero-order valence-corrected chi connectivity index (χ0v) is 26.1. The average molecular weight is 603 g/mol. The summed E-state index contributed by atoms with van der Waals surface area (Å²) in [5, 5.41) is 2.70. The van der Waals surface area contributed by atoms with Crippen LogP contribution in [0.3, 0.4) is 0 Å². The topological polar surface area (TPSA) is 143 Å². The van der Waals surface area contributed by atoms with Crippen LogP contribution in [0.1, 0.15) is 52.0 Å². The van der Waals surface area contributed by atoms with Gasteiger partial charge in [0.2, 0.25) is 5.91 Å². The van der Waals surface area contributed by atoms with E-state index in [4.69, 9.17) is 11.5 Å². The largest absolute Gasteiger partial charge is 0.354 e. The number of nitrogens with zero attached hydrogens (tertiary/aromatic N) is 5. The number of urea groups is 1. The minimum atomic E-state index is -0.947. The molecule has 2 aromatic rings. The first-order chi connectivity index (χ1) is 19.4. The lowest BCUT2D eigenvalue weighted by molar-refractivity contribution is -0.137. The molecule has 1 aromatic carbocycles. The van der Waals surface area contributed by atoms with E-state index in [0.717, 1.165) is 25.8 Å². The summed E-state index contributed by atoms with van der Waals surface area (Å²) < 4.78 is 1.46. The van der Waals surface area contributed by atoms with E-state index in [2.05, 4.69) is 41.3 Å². The third-order valence-electron chi connectivity index (χ3n) is 8.31. The summed E-state index contributed by atoms with van der Waals surface area (Å²) in [6, 6.07) is 9.93. The van der Waals surface area contributed by atoms with Crippen molar-refractivity contribution in [2.45, 2.75) is 70.5 Å². The standard InChI is InChI=1S/C30H46N8O3.ClH/c1-21(35(4)20-23-6-5-7-24(31)19-23)18-22-8-10-25(11-9-22)38-13-12-26(34-29(38)41)33-28(40)37-16-14-36(15-17-37)27(39)30(2,3)32;/h8-13,21,23-24H,5-7,14-20,31-32H2,1-4H3,(H,33,34,40,41);1H/t21?,23-,24-;/m0./s1. The molecular formula is C30H47ClN8O3. The lowest BCUT2D eigenvalue weighted by Crippen LogP contribution is -2.58. The van der Waals surface area contributed by atoms with E-state index in [1.54, 1.807) is 35.9 Å². The van der Waals surface area contributed by atoms with Crippen molar-refractivity contribution in [3.8, 4) is 5.69 Å². The van der Waals surface area contributed by atoms with Gasteiger partial charge < -0.3 is 26.2 Å². The molecule has 3 amide bonds. The summed E-state index contributed by atoms with van der Waals surface area (Å²) in [5.74, 6) is 0.716. The predicted molar refractivity (Wildman–Crippen MR) is 168 cm³/mol. The lowest BCUT2D eigenvalue weighted by atomic mass is 9.85. The first-order valence-electron chi connectivity index (χ1n) is 14.7. The minimum absolute atomic E-state index is 0. The van der Waals surface area contributed by atoms with E-state index in [1.807, 2.05) is 12.1 Å². The molecule has 0 bridgehead atoms. The predicted octanol–water partition coefficient (Wildman–Crippen LogP) is 2.45. The third kappa shape index (κ3) is 8.76. The molecule has 232 valence electrons. The van der Waals surface area contributed by atoms with Crippen molar-refractivity contribution in [3.63, 3.8) is 0 Å². The van der Waals surface area contributed by atoms with Gasteiger partial charge in [0.05, 0.1) is 11.2 Å². The molecular weight excluding hydrogens is 556 g/mol. The summed E-state index contributed by atoms with van der Waals surface area (Å²) in [7, 11) is 2.19. The van der Waals surface area contributed by atoms with Crippen molar-refractivity contribution in [2.24, 2.45) is 17.4 Å². The first-order valence-corrected chi connectivity index (χ1v) is 14.7. The Bertz CT molecular complexity index is 1250. The number of benzene rings is 1. The number of hydrogen-bond donors (Lipinski definition) is 3. The summed E-state index contributed by atoms with van der Waals surface area (Å²) in [6.45, 7) is 8.22. The zero-order valence-electron chi connectivity index (χ0n) is 25.3. The van der Waals surface area contributed by atoms with Crippen LogP contribution in [0.15, 0.2) is 41.3 Å². The maximum atomic E-state index is 12.8. The molecule has 1 unspecified atom stereocenters. The Kier molecular flexibility index (Phi) is 11.5. The summed E-state index contributed by atoms with van der Waals surface area (Å²) in [6.07, 6.45) is 7.29. The van der Waals surface area contributed by atoms with Crippen molar-refractivity contribution in [1.82, 2.24) is 24.3 Å². The van der Waals surface area contributed by atoms with Gasteiger partial charge >= 0.3 is 11.7 Å². The number of carbonyl (C=O) groups is 2. The van der Waals surface area contributed by atoms with E-state index in [0.29, 0.717) is 49.9 Å². The summed E-state index contributed by atoms with van der Waals surface area (Å²) in [5.41, 5.74) is 12.6. The van der Waals surface area contributed by atoms with Crippen LogP contribution in [-0.4, -0.2) is 93.6 Å². The smallest absolute Gasteiger partial charge is 0.338 e. The summed E-state index contributed by atoms with van der Waals surface area (Å²) >= 11 is 0. The molecule has 2 fully saturated rings. The number of amides is 3. The molecule has 4 rings (SSSR count). The number of aromatic nitrogens is 2. The second kappa shape index (κ2) is 14.5. The van der Waals surface area contributed by atoms with Crippen molar-refractivity contribution in [3.05, 3.63) is 52.6 Å². The van der Waals surface area contributed by atoms with Gasteiger partial charge in [0.1, 0.15) is 5.82 Å². The van der Waals surface area contributed by atoms with Crippen molar-refractivity contribution in [2.75, 3.05) is 45.1 Å². The van der Waals surface area contributed by atoms with Gasteiger partial charge in [0.25, 0.3) is 0 Å². The Labute approximate surface area is 255 Å². The van der Waals surface area contributed by atoms with Crippen LogP contribution in [0.25, 0.3) is 5.69 Å². The number of nitrogens with one attached hydrogen (secondary N) is 1. The highest BCUT2D eigenvalue weighted by Gasteiger charge is 2.31. The number of carbonyl (C=O) groups excluding carboxylic acids is 2. The number of piperazine rings is 1. The van der Waals surface area contributed by atoms with Crippen LogP contribution >= 0.6 is 12.4 Å². The lowest BCUT2D eigenvalue weighted by Gasteiger charge is -2.37. The number of likely N-dealkylation sites (N-methyl/N-ethyl adjacent to an activating group) is 1. The molecule has 2 aliphatic rings. The number of nitrogens with two attached hydrogens (primary N) is 2. The number of hydrogen-bond acceptors (Lipinski definition) is 7. The van der Waals surface area contributed by atoms with E-state index in [9.17, 15) is 14.4 Å². The highest BCUT2D eigenvalue weighted by atomic mass is 35.5. The molecule has 12 heteroatoms. The van der Waals surface area contributed by atoms with Gasteiger partial charge in [-0.2, -0.15) is 4.98 Å². The molecule has 1 aromatic heterocycles. The van der Waals surface area contributed by atoms with E-state index < -0.39 is 11.2 Å². The molecule has 42 heavy (non-hydrogen) atoms. The second-order valence-corrected chi connectivity index (χ2v) is 12.3. The van der Waals surface area contributed by atoms with Gasteiger partial charge in [-0.05, 0) is 83.2 Å². The van der Waals surface area contributed by atoms with Crippen molar-refractivity contribution in [1.29, 1.82) is 0 Å². The van der Waals surface area contributed by atoms with Gasteiger partial charge in [-0.25, -0.2) is 9.59 Å². The van der Waals surface area contributed by atoms with Crippen LogP contribution in [0.2, 0.25) is 0 Å². The quantitative estimate of drug-likeness (QED) is 0.421. The van der Waals surface area contributed by atoms with Gasteiger partial charge in [0, 0.05) is 51.0 Å². The molecule has 1 saturated heterocycles. The third-order valence-corrected chi connectivity index (χ3v) is 8.31. The van der Waals surface area contributed by atoms with Crippen LogP contribution in [0, 0.1) is 5.92 Å². The van der Waals surface area contributed by atoms with Gasteiger partial charge in [0.15, 0.2) is 0 Å². The SMILES string of the molecule is CC(Cc1ccc(-n2ccc(NC(=O)N3CCN(C(=O)C(C)(C)N)CC3)nc2=O)cc1)N(C)C[C@H]1CCC[C@H](N)C1.Cl. The fraction of sp³-hybridized carbons (Fsp3) is 0.600. The number of anilines is 1.